The predicted molar refractivity (Wildman–Crippen MR) is 120 cm³/mol. The molecule has 30 heavy (non-hydrogen) atoms. The van der Waals surface area contributed by atoms with Crippen molar-refractivity contribution in [1.82, 2.24) is 4.57 Å². The Balaban J connectivity index is 1.65. The number of thioether (sulfide) groups is 1. The van der Waals surface area contributed by atoms with E-state index in [9.17, 15) is 9.59 Å². The van der Waals surface area contributed by atoms with E-state index in [0.29, 0.717) is 17.1 Å². The zero-order chi connectivity index (χ0) is 21.3. The lowest BCUT2D eigenvalue weighted by Gasteiger charge is -2.18. The van der Waals surface area contributed by atoms with E-state index in [0.717, 1.165) is 33.2 Å². The Morgan fingerprint density at radius 2 is 1.87 bits per heavy atom. The summed E-state index contributed by atoms with van der Waals surface area (Å²) in [6.07, 6.45) is 1.93. The van der Waals surface area contributed by atoms with Gasteiger partial charge in [0, 0.05) is 22.0 Å². The van der Waals surface area contributed by atoms with Crippen LogP contribution in [0.3, 0.4) is 0 Å². The van der Waals surface area contributed by atoms with Crippen LogP contribution in [0.5, 0.6) is 0 Å². The van der Waals surface area contributed by atoms with Crippen molar-refractivity contribution in [2.24, 2.45) is 0 Å². The number of anilines is 1. The summed E-state index contributed by atoms with van der Waals surface area (Å²) in [5, 5.41) is 2.95. The number of ether oxygens (including phenoxy) is 1. The summed E-state index contributed by atoms with van der Waals surface area (Å²) in [6, 6.07) is 17.2. The third-order valence-electron chi connectivity index (χ3n) is 4.97. The largest absolute Gasteiger partial charge is 0.462 e. The molecule has 0 saturated heterocycles. The molecule has 1 aromatic heterocycles. The first-order valence-electron chi connectivity index (χ1n) is 9.74. The standard InChI is InChI=1S/C24H22N2O3S/c1-4-29-24(28)17-9-11-19(12-10-17)26-15(2)13-18(16(26)3)14-22-23(27)25-20-7-5-6-8-21(20)30-22/h5-14H,4H2,1-3H3,(H,25,27)/b22-14-. The first-order valence-corrected chi connectivity index (χ1v) is 10.6. The monoisotopic (exact) mass is 418 g/mol. The zero-order valence-corrected chi connectivity index (χ0v) is 17.9. The molecular weight excluding hydrogens is 396 g/mol. The highest BCUT2D eigenvalue weighted by Gasteiger charge is 2.21. The van der Waals surface area contributed by atoms with Gasteiger partial charge in [-0.25, -0.2) is 4.79 Å². The van der Waals surface area contributed by atoms with Crippen molar-refractivity contribution in [1.29, 1.82) is 0 Å². The normalized spacial score (nSPS) is 14.4. The fourth-order valence-electron chi connectivity index (χ4n) is 3.54. The third-order valence-corrected chi connectivity index (χ3v) is 6.07. The van der Waals surface area contributed by atoms with E-state index in [-0.39, 0.29) is 11.9 Å². The third kappa shape index (κ3) is 3.78. The van der Waals surface area contributed by atoms with Gasteiger partial charge in [-0.2, -0.15) is 0 Å². The van der Waals surface area contributed by atoms with Crippen LogP contribution in [-0.2, 0) is 9.53 Å². The summed E-state index contributed by atoms with van der Waals surface area (Å²) in [7, 11) is 0. The quantitative estimate of drug-likeness (QED) is 0.458. The fraction of sp³-hybridized carbons (Fsp3) is 0.167. The molecule has 1 aliphatic heterocycles. The summed E-state index contributed by atoms with van der Waals surface area (Å²) < 4.78 is 7.16. The second-order valence-corrected chi connectivity index (χ2v) is 8.07. The van der Waals surface area contributed by atoms with Crippen LogP contribution in [0.1, 0.15) is 34.2 Å². The molecule has 2 heterocycles. The Kier molecular flexibility index (Phi) is 5.50. The number of aromatic nitrogens is 1. The molecule has 1 aliphatic rings. The molecule has 1 amide bonds. The van der Waals surface area contributed by atoms with E-state index in [4.69, 9.17) is 4.74 Å². The number of nitrogens with zero attached hydrogens (tertiary/aromatic N) is 1. The summed E-state index contributed by atoms with van der Waals surface area (Å²) in [4.78, 5) is 26.1. The van der Waals surface area contributed by atoms with Gasteiger partial charge in [0.05, 0.1) is 22.8 Å². The molecule has 0 spiro atoms. The van der Waals surface area contributed by atoms with E-state index in [1.54, 1.807) is 19.1 Å². The van der Waals surface area contributed by atoms with Gasteiger partial charge in [0.15, 0.2) is 0 Å². The van der Waals surface area contributed by atoms with Crippen molar-refractivity contribution in [2.45, 2.75) is 25.7 Å². The van der Waals surface area contributed by atoms with Gasteiger partial charge in [-0.1, -0.05) is 23.9 Å². The van der Waals surface area contributed by atoms with Crippen LogP contribution in [0.25, 0.3) is 11.8 Å². The molecule has 0 radical (unpaired) electrons. The maximum atomic E-state index is 12.5. The molecule has 4 rings (SSSR count). The highest BCUT2D eigenvalue weighted by Crippen LogP contribution is 2.39. The van der Waals surface area contributed by atoms with Crippen LogP contribution in [0.2, 0.25) is 0 Å². The number of carbonyl (C=O) groups is 2. The van der Waals surface area contributed by atoms with E-state index < -0.39 is 0 Å². The number of carbonyl (C=O) groups excluding carboxylic acids is 2. The maximum absolute atomic E-state index is 12.5. The Bertz CT molecular complexity index is 1160. The fourth-order valence-corrected chi connectivity index (χ4v) is 4.48. The van der Waals surface area contributed by atoms with Crippen molar-refractivity contribution in [3.8, 4) is 5.69 Å². The van der Waals surface area contributed by atoms with E-state index in [1.165, 1.54) is 11.8 Å². The number of rotatable bonds is 4. The molecule has 2 aromatic carbocycles. The van der Waals surface area contributed by atoms with Crippen LogP contribution in [0.15, 0.2) is 64.4 Å². The molecule has 0 unspecified atom stereocenters. The smallest absolute Gasteiger partial charge is 0.338 e. The number of hydrogen-bond donors (Lipinski definition) is 1. The van der Waals surface area contributed by atoms with E-state index in [2.05, 4.69) is 16.0 Å². The second-order valence-electron chi connectivity index (χ2n) is 6.99. The van der Waals surface area contributed by atoms with Crippen molar-refractivity contribution in [3.63, 3.8) is 0 Å². The van der Waals surface area contributed by atoms with Gasteiger partial charge in [0.2, 0.25) is 0 Å². The number of hydrogen-bond acceptors (Lipinski definition) is 4. The first kappa shape index (κ1) is 20.0. The minimum absolute atomic E-state index is 0.0951. The maximum Gasteiger partial charge on any atom is 0.338 e. The summed E-state index contributed by atoms with van der Waals surface area (Å²) in [5.74, 6) is -0.418. The number of esters is 1. The molecule has 1 N–H and O–H groups in total. The van der Waals surface area contributed by atoms with Crippen LogP contribution < -0.4 is 5.32 Å². The molecule has 5 nitrogen and oxygen atoms in total. The van der Waals surface area contributed by atoms with Crippen LogP contribution in [-0.4, -0.2) is 23.1 Å². The highest BCUT2D eigenvalue weighted by atomic mass is 32.2. The number of aryl methyl sites for hydroxylation is 1. The molecule has 152 valence electrons. The van der Waals surface area contributed by atoms with Crippen molar-refractivity contribution < 1.29 is 14.3 Å². The Hall–Kier alpha value is -3.25. The number of nitrogens with one attached hydrogen (secondary N) is 1. The first-order chi connectivity index (χ1) is 14.5. The molecule has 3 aromatic rings. The van der Waals surface area contributed by atoms with Gasteiger partial charge in [0.25, 0.3) is 5.91 Å². The number of amides is 1. The van der Waals surface area contributed by atoms with Crippen LogP contribution in [0, 0.1) is 13.8 Å². The van der Waals surface area contributed by atoms with Crippen molar-refractivity contribution in [2.75, 3.05) is 11.9 Å². The SMILES string of the molecule is CCOC(=O)c1ccc(-n2c(C)cc(/C=C3\Sc4ccccc4NC3=O)c2C)cc1. The summed E-state index contributed by atoms with van der Waals surface area (Å²) in [5.41, 5.74) is 5.38. The predicted octanol–water partition coefficient (Wildman–Crippen LogP) is 5.36. The van der Waals surface area contributed by atoms with Crippen LogP contribution >= 0.6 is 11.8 Å². The highest BCUT2D eigenvalue weighted by molar-refractivity contribution is 8.04. The lowest BCUT2D eigenvalue weighted by Crippen LogP contribution is -2.17. The van der Waals surface area contributed by atoms with Gasteiger partial charge < -0.3 is 14.6 Å². The number of benzene rings is 2. The Labute approximate surface area is 179 Å². The van der Waals surface area contributed by atoms with Gasteiger partial charge in [-0.05, 0) is 74.9 Å². The molecule has 0 bridgehead atoms. The molecule has 0 saturated carbocycles. The van der Waals surface area contributed by atoms with E-state index in [1.807, 2.05) is 56.3 Å². The lowest BCUT2D eigenvalue weighted by atomic mass is 10.2. The Morgan fingerprint density at radius 3 is 2.60 bits per heavy atom. The average Bonchev–Trinajstić information content (AvgIpc) is 3.02. The van der Waals surface area contributed by atoms with Gasteiger partial charge in [-0.3, -0.25) is 4.79 Å². The number of para-hydroxylation sites is 1. The number of fused-ring (bicyclic) bond motifs is 1. The molecule has 6 heteroatoms. The zero-order valence-electron chi connectivity index (χ0n) is 17.1. The van der Waals surface area contributed by atoms with Gasteiger partial charge in [0.1, 0.15) is 0 Å². The van der Waals surface area contributed by atoms with E-state index >= 15 is 0 Å². The van der Waals surface area contributed by atoms with Gasteiger partial charge in [-0.15, -0.1) is 0 Å². The van der Waals surface area contributed by atoms with Gasteiger partial charge >= 0.3 is 5.97 Å². The second kappa shape index (κ2) is 8.24. The van der Waals surface area contributed by atoms with Crippen molar-refractivity contribution in [3.05, 3.63) is 82.0 Å². The minimum atomic E-state index is -0.323. The Morgan fingerprint density at radius 1 is 1.13 bits per heavy atom. The molecule has 0 fully saturated rings. The lowest BCUT2D eigenvalue weighted by molar-refractivity contribution is -0.112. The summed E-state index contributed by atoms with van der Waals surface area (Å²) >= 11 is 1.48. The average molecular weight is 419 g/mol. The molecule has 0 atom stereocenters. The molecule has 0 aliphatic carbocycles. The topological polar surface area (TPSA) is 60.3 Å². The van der Waals surface area contributed by atoms with Crippen LogP contribution in [0.4, 0.5) is 5.69 Å². The minimum Gasteiger partial charge on any atom is -0.462 e. The van der Waals surface area contributed by atoms with Crippen molar-refractivity contribution >= 4 is 35.4 Å². The summed E-state index contributed by atoms with van der Waals surface area (Å²) in [6.45, 7) is 6.19. The molecular formula is C24H22N2O3S.